The highest BCUT2D eigenvalue weighted by molar-refractivity contribution is 7.99. The summed E-state index contributed by atoms with van der Waals surface area (Å²) in [6.45, 7) is 3.80. The Morgan fingerprint density at radius 1 is 1.40 bits per heavy atom. The first-order valence-electron chi connectivity index (χ1n) is 4.98. The first-order valence-corrected chi connectivity index (χ1v) is 5.96. The second-order valence-corrected chi connectivity index (χ2v) is 4.77. The largest absolute Gasteiger partial charge is 0.396 e. The first kappa shape index (κ1) is 12.3. The first-order chi connectivity index (χ1) is 7.13. The van der Waals surface area contributed by atoms with E-state index in [2.05, 4.69) is 0 Å². The molecule has 1 unspecified atom stereocenters. The van der Waals surface area contributed by atoms with Crippen molar-refractivity contribution in [2.75, 3.05) is 12.4 Å². The Balaban J connectivity index is 2.53. The smallest absolute Gasteiger partial charge is 0.159 e. The number of hydrogen-bond donors (Lipinski definition) is 1. The van der Waals surface area contributed by atoms with Crippen LogP contribution in [0, 0.1) is 5.92 Å². The van der Waals surface area contributed by atoms with Crippen LogP contribution >= 0.6 is 11.8 Å². The summed E-state index contributed by atoms with van der Waals surface area (Å²) < 4.78 is 0. The summed E-state index contributed by atoms with van der Waals surface area (Å²) in [6, 6.07) is 7.58. The molecule has 0 radical (unpaired) electrons. The van der Waals surface area contributed by atoms with Crippen molar-refractivity contribution in [2.24, 2.45) is 5.92 Å². The van der Waals surface area contributed by atoms with E-state index in [1.54, 1.807) is 18.7 Å². The van der Waals surface area contributed by atoms with Gasteiger partial charge in [-0.2, -0.15) is 0 Å². The normalized spacial score (nSPS) is 12.5. The van der Waals surface area contributed by atoms with Crippen LogP contribution < -0.4 is 0 Å². The zero-order chi connectivity index (χ0) is 11.3. The number of thioether (sulfide) groups is 1. The molecule has 0 saturated carbocycles. The quantitative estimate of drug-likeness (QED) is 0.617. The minimum atomic E-state index is 0.0928. The van der Waals surface area contributed by atoms with Gasteiger partial charge in [0.1, 0.15) is 0 Å². The number of ketones is 1. The molecule has 0 amide bonds. The number of carbonyl (C=O) groups excluding carboxylic acids is 1. The molecule has 1 aromatic carbocycles. The summed E-state index contributed by atoms with van der Waals surface area (Å²) in [7, 11) is 0. The van der Waals surface area contributed by atoms with Gasteiger partial charge in [0.05, 0.1) is 0 Å². The van der Waals surface area contributed by atoms with Crippen molar-refractivity contribution in [3.05, 3.63) is 29.8 Å². The highest BCUT2D eigenvalue weighted by Gasteiger charge is 2.02. The van der Waals surface area contributed by atoms with E-state index in [4.69, 9.17) is 5.11 Å². The SMILES string of the molecule is CC(=O)c1ccc(SCC(C)CO)cc1. The fourth-order valence-electron chi connectivity index (χ4n) is 1.08. The molecule has 0 aromatic heterocycles. The standard InChI is InChI=1S/C12H16O2S/c1-9(7-13)8-15-12-5-3-11(4-6-12)10(2)14/h3-6,9,13H,7-8H2,1-2H3. The van der Waals surface area contributed by atoms with Gasteiger partial charge in [0.25, 0.3) is 0 Å². The summed E-state index contributed by atoms with van der Waals surface area (Å²) in [5.74, 6) is 1.30. The monoisotopic (exact) mass is 224 g/mol. The lowest BCUT2D eigenvalue weighted by atomic mass is 10.2. The minimum Gasteiger partial charge on any atom is -0.396 e. The summed E-state index contributed by atoms with van der Waals surface area (Å²) in [5, 5.41) is 8.87. The molecule has 0 aliphatic heterocycles. The molecule has 0 bridgehead atoms. The second-order valence-electron chi connectivity index (χ2n) is 3.68. The van der Waals surface area contributed by atoms with Crippen LogP contribution in [0.1, 0.15) is 24.2 Å². The zero-order valence-electron chi connectivity index (χ0n) is 9.06. The van der Waals surface area contributed by atoms with Crippen LogP contribution in [0.4, 0.5) is 0 Å². The van der Waals surface area contributed by atoms with Gasteiger partial charge in [-0.05, 0) is 25.0 Å². The Kier molecular flexibility index (Phi) is 4.85. The lowest BCUT2D eigenvalue weighted by molar-refractivity contribution is 0.101. The van der Waals surface area contributed by atoms with E-state index in [1.165, 1.54) is 0 Å². The zero-order valence-corrected chi connectivity index (χ0v) is 9.88. The van der Waals surface area contributed by atoms with Crippen molar-refractivity contribution in [2.45, 2.75) is 18.7 Å². The van der Waals surface area contributed by atoms with Gasteiger partial charge in [0.15, 0.2) is 5.78 Å². The van der Waals surface area contributed by atoms with Gasteiger partial charge in [-0.15, -0.1) is 11.8 Å². The number of carbonyl (C=O) groups is 1. The van der Waals surface area contributed by atoms with Gasteiger partial charge in [-0.25, -0.2) is 0 Å². The molecule has 2 nitrogen and oxygen atoms in total. The second kappa shape index (κ2) is 5.93. The van der Waals surface area contributed by atoms with Crippen molar-refractivity contribution in [1.82, 2.24) is 0 Å². The fraction of sp³-hybridized carbons (Fsp3) is 0.417. The van der Waals surface area contributed by atoms with Crippen LogP contribution in [0.3, 0.4) is 0 Å². The topological polar surface area (TPSA) is 37.3 Å². The van der Waals surface area contributed by atoms with Crippen molar-refractivity contribution < 1.29 is 9.90 Å². The molecule has 1 rings (SSSR count). The molecule has 0 spiro atoms. The number of hydrogen-bond acceptors (Lipinski definition) is 3. The van der Waals surface area contributed by atoms with E-state index in [-0.39, 0.29) is 12.4 Å². The maximum absolute atomic E-state index is 11.0. The molecular formula is C12H16O2S. The Hall–Kier alpha value is -0.800. The summed E-state index contributed by atoms with van der Waals surface area (Å²) in [6.07, 6.45) is 0. The molecule has 1 atom stereocenters. The molecule has 0 heterocycles. The third-order valence-corrected chi connectivity index (χ3v) is 3.45. The molecule has 3 heteroatoms. The van der Waals surface area contributed by atoms with E-state index in [9.17, 15) is 4.79 Å². The van der Waals surface area contributed by atoms with Crippen LogP contribution in [0.25, 0.3) is 0 Å². The van der Waals surface area contributed by atoms with Crippen LogP contribution in [0.15, 0.2) is 29.2 Å². The predicted octanol–water partition coefficient (Wildman–Crippen LogP) is 2.61. The van der Waals surface area contributed by atoms with Crippen LogP contribution in [-0.4, -0.2) is 23.2 Å². The Bertz CT molecular complexity index is 319. The number of aliphatic hydroxyl groups is 1. The Labute approximate surface area is 94.7 Å². The third-order valence-electron chi connectivity index (χ3n) is 2.11. The van der Waals surface area contributed by atoms with Crippen molar-refractivity contribution in [1.29, 1.82) is 0 Å². The molecule has 0 fully saturated rings. The summed E-state index contributed by atoms with van der Waals surface area (Å²) in [5.41, 5.74) is 0.745. The van der Waals surface area contributed by atoms with Crippen LogP contribution in [-0.2, 0) is 0 Å². The lowest BCUT2D eigenvalue weighted by Gasteiger charge is -2.07. The molecule has 0 aliphatic rings. The third kappa shape index (κ3) is 4.06. The van der Waals surface area contributed by atoms with E-state index in [0.29, 0.717) is 5.92 Å². The number of Topliss-reactive ketones (excluding diaryl/α,β-unsaturated/α-hetero) is 1. The van der Waals surface area contributed by atoms with Gasteiger partial charge in [-0.1, -0.05) is 19.1 Å². The highest BCUT2D eigenvalue weighted by atomic mass is 32.2. The van der Waals surface area contributed by atoms with Gasteiger partial charge < -0.3 is 5.11 Å². The molecule has 0 saturated heterocycles. The van der Waals surface area contributed by atoms with E-state index in [1.807, 2.05) is 31.2 Å². The maximum atomic E-state index is 11.0. The van der Waals surface area contributed by atoms with E-state index in [0.717, 1.165) is 16.2 Å². The summed E-state index contributed by atoms with van der Waals surface area (Å²) in [4.78, 5) is 12.2. The van der Waals surface area contributed by atoms with Crippen molar-refractivity contribution >= 4 is 17.5 Å². The van der Waals surface area contributed by atoms with E-state index >= 15 is 0 Å². The van der Waals surface area contributed by atoms with E-state index < -0.39 is 0 Å². The molecule has 15 heavy (non-hydrogen) atoms. The molecule has 0 aliphatic carbocycles. The Morgan fingerprint density at radius 3 is 2.47 bits per heavy atom. The molecule has 82 valence electrons. The number of benzene rings is 1. The van der Waals surface area contributed by atoms with Gasteiger partial charge in [-0.3, -0.25) is 4.79 Å². The average molecular weight is 224 g/mol. The average Bonchev–Trinajstić information content (AvgIpc) is 2.26. The van der Waals surface area contributed by atoms with Gasteiger partial charge in [0, 0.05) is 22.8 Å². The molecule has 1 aromatic rings. The number of rotatable bonds is 5. The van der Waals surface area contributed by atoms with Crippen molar-refractivity contribution in [3.8, 4) is 0 Å². The predicted molar refractivity (Wildman–Crippen MR) is 63.4 cm³/mol. The Morgan fingerprint density at radius 2 is 2.00 bits per heavy atom. The highest BCUT2D eigenvalue weighted by Crippen LogP contribution is 2.21. The maximum Gasteiger partial charge on any atom is 0.159 e. The summed E-state index contributed by atoms with van der Waals surface area (Å²) >= 11 is 1.70. The minimum absolute atomic E-state index is 0.0928. The van der Waals surface area contributed by atoms with Crippen molar-refractivity contribution in [3.63, 3.8) is 0 Å². The fourth-order valence-corrected chi connectivity index (χ4v) is 1.99. The van der Waals surface area contributed by atoms with Gasteiger partial charge in [0.2, 0.25) is 0 Å². The van der Waals surface area contributed by atoms with Crippen LogP contribution in [0.5, 0.6) is 0 Å². The van der Waals surface area contributed by atoms with Crippen LogP contribution in [0.2, 0.25) is 0 Å². The lowest BCUT2D eigenvalue weighted by Crippen LogP contribution is -2.03. The molecular weight excluding hydrogens is 208 g/mol. The molecule has 1 N–H and O–H groups in total. The number of aliphatic hydroxyl groups excluding tert-OH is 1. The van der Waals surface area contributed by atoms with Gasteiger partial charge >= 0.3 is 0 Å².